The Kier molecular flexibility index (Phi) is 9.17. The monoisotopic (exact) mass is 576 g/mol. The zero-order chi connectivity index (χ0) is 29.7. The number of hydrogen-bond donors (Lipinski definition) is 0. The summed E-state index contributed by atoms with van der Waals surface area (Å²) in [7, 11) is 1.56. The third-order valence-electron chi connectivity index (χ3n) is 6.40. The Morgan fingerprint density at radius 3 is 2.07 bits per heavy atom. The molecule has 0 unspecified atom stereocenters. The fourth-order valence-electron chi connectivity index (χ4n) is 4.76. The van der Waals surface area contributed by atoms with Crippen LogP contribution in [0.25, 0.3) is 22.4 Å². The first-order valence-corrected chi connectivity index (χ1v) is 13.1. The molecule has 0 saturated carbocycles. The van der Waals surface area contributed by atoms with Gasteiger partial charge in [-0.1, -0.05) is 54.7 Å². The SMILES string of the molecule is COc1ccc(-c2cc(-c3ccccc3)n([C@@H]3OC[C@H](OC(C)=O)[C@@H](OC(C)=O)[C@H]3OC(C)=O)c(=S)c2C#N)cc1. The number of benzene rings is 2. The highest BCUT2D eigenvalue weighted by Crippen LogP contribution is 2.38. The summed E-state index contributed by atoms with van der Waals surface area (Å²) in [5.74, 6) is -1.34. The summed E-state index contributed by atoms with van der Waals surface area (Å²) in [5.41, 5.74) is 2.77. The minimum absolute atomic E-state index is 0.106. The van der Waals surface area contributed by atoms with E-state index in [0.717, 1.165) is 11.1 Å². The number of carbonyl (C=O) groups excluding carboxylic acids is 3. The van der Waals surface area contributed by atoms with Crippen molar-refractivity contribution in [1.29, 1.82) is 5.26 Å². The molecule has 0 amide bonds. The van der Waals surface area contributed by atoms with Crippen molar-refractivity contribution in [1.82, 2.24) is 4.57 Å². The Bertz CT molecular complexity index is 1550. The number of pyridine rings is 1. The van der Waals surface area contributed by atoms with E-state index in [9.17, 15) is 19.6 Å². The molecule has 0 N–H and O–H groups in total. The maximum Gasteiger partial charge on any atom is 0.303 e. The highest BCUT2D eigenvalue weighted by molar-refractivity contribution is 7.71. The molecule has 10 nitrogen and oxygen atoms in total. The largest absolute Gasteiger partial charge is 0.497 e. The Morgan fingerprint density at radius 2 is 1.51 bits per heavy atom. The van der Waals surface area contributed by atoms with E-state index in [1.807, 2.05) is 42.5 Å². The van der Waals surface area contributed by atoms with Crippen LogP contribution in [0.4, 0.5) is 0 Å². The van der Waals surface area contributed by atoms with Crippen LogP contribution in [0, 0.1) is 16.0 Å². The molecule has 3 aromatic rings. The number of rotatable bonds is 7. The Hall–Kier alpha value is -4.53. The lowest BCUT2D eigenvalue weighted by Gasteiger charge is -2.42. The van der Waals surface area contributed by atoms with Crippen LogP contribution in [0.3, 0.4) is 0 Å². The quantitative estimate of drug-likeness (QED) is 0.221. The van der Waals surface area contributed by atoms with Crippen molar-refractivity contribution in [2.24, 2.45) is 0 Å². The second kappa shape index (κ2) is 12.8. The van der Waals surface area contributed by atoms with E-state index >= 15 is 0 Å². The van der Waals surface area contributed by atoms with Crippen molar-refractivity contribution < 1.29 is 38.1 Å². The lowest BCUT2D eigenvalue weighted by atomic mass is 9.97. The zero-order valence-electron chi connectivity index (χ0n) is 22.9. The number of methoxy groups -OCH3 is 1. The molecule has 1 saturated heterocycles. The van der Waals surface area contributed by atoms with E-state index < -0.39 is 42.4 Å². The minimum atomic E-state index is -1.28. The van der Waals surface area contributed by atoms with Gasteiger partial charge in [0.25, 0.3) is 0 Å². The Balaban J connectivity index is 1.97. The smallest absolute Gasteiger partial charge is 0.303 e. The Morgan fingerprint density at radius 1 is 0.902 bits per heavy atom. The molecule has 0 radical (unpaired) electrons. The van der Waals surface area contributed by atoms with Crippen molar-refractivity contribution in [3.63, 3.8) is 0 Å². The van der Waals surface area contributed by atoms with Crippen LogP contribution in [0.2, 0.25) is 0 Å². The van der Waals surface area contributed by atoms with Gasteiger partial charge in [-0.05, 0) is 29.3 Å². The normalized spacial score (nSPS) is 19.9. The van der Waals surface area contributed by atoms with Crippen LogP contribution in [0.1, 0.15) is 32.6 Å². The highest BCUT2D eigenvalue weighted by atomic mass is 32.1. The molecule has 1 fully saturated rings. The average Bonchev–Trinajstić information content (AvgIpc) is 2.94. The molecule has 11 heteroatoms. The first kappa shape index (κ1) is 29.5. The van der Waals surface area contributed by atoms with Gasteiger partial charge in [-0.25, -0.2) is 0 Å². The van der Waals surface area contributed by atoms with Crippen LogP contribution < -0.4 is 4.74 Å². The maximum absolute atomic E-state index is 12.3. The van der Waals surface area contributed by atoms with E-state index in [1.54, 1.807) is 29.9 Å². The van der Waals surface area contributed by atoms with Gasteiger partial charge in [0.2, 0.25) is 0 Å². The van der Waals surface area contributed by atoms with E-state index in [4.69, 9.17) is 35.9 Å². The average molecular weight is 577 g/mol. The van der Waals surface area contributed by atoms with Gasteiger partial charge in [0.15, 0.2) is 24.5 Å². The van der Waals surface area contributed by atoms with Gasteiger partial charge < -0.3 is 28.3 Å². The molecule has 1 aliphatic heterocycles. The summed E-state index contributed by atoms with van der Waals surface area (Å²) in [6.07, 6.45) is -4.69. The Labute approximate surface area is 242 Å². The molecule has 2 aromatic carbocycles. The highest BCUT2D eigenvalue weighted by Gasteiger charge is 2.48. The van der Waals surface area contributed by atoms with Gasteiger partial charge >= 0.3 is 17.9 Å². The number of nitriles is 1. The summed E-state index contributed by atoms with van der Waals surface area (Å²) in [6.45, 7) is 3.40. The van der Waals surface area contributed by atoms with E-state index in [2.05, 4.69) is 6.07 Å². The summed E-state index contributed by atoms with van der Waals surface area (Å²) in [4.78, 5) is 36.2. The predicted molar refractivity (Wildman–Crippen MR) is 149 cm³/mol. The molecular formula is C30H28N2O8S. The van der Waals surface area contributed by atoms with Gasteiger partial charge in [-0.15, -0.1) is 0 Å². The molecule has 0 spiro atoms. The second-order valence-corrected chi connectivity index (χ2v) is 9.61. The molecular weight excluding hydrogens is 548 g/mol. The summed E-state index contributed by atoms with van der Waals surface area (Å²) in [6, 6.07) is 20.5. The summed E-state index contributed by atoms with van der Waals surface area (Å²) < 4.78 is 29.6. The molecule has 2 heterocycles. The first-order valence-electron chi connectivity index (χ1n) is 12.7. The van der Waals surface area contributed by atoms with Crippen molar-refractivity contribution in [2.45, 2.75) is 45.3 Å². The van der Waals surface area contributed by atoms with Gasteiger partial charge in [0.05, 0.1) is 25.0 Å². The van der Waals surface area contributed by atoms with E-state index in [0.29, 0.717) is 17.0 Å². The van der Waals surface area contributed by atoms with Crippen molar-refractivity contribution in [2.75, 3.05) is 13.7 Å². The van der Waals surface area contributed by atoms with Gasteiger partial charge in [0, 0.05) is 26.3 Å². The standard InChI is InChI=1S/C30H28N2O8S/c1-17(33)38-26-16-37-29(28(40-19(3)35)27(26)39-18(2)34)32-25(21-8-6-5-7-9-21)14-23(24(15-31)30(32)41)20-10-12-22(36-4)13-11-20/h5-14,26-29H,16H2,1-4H3/t26-,27+,28+,29+/m0/s1. The van der Waals surface area contributed by atoms with Crippen LogP contribution in [-0.2, 0) is 33.3 Å². The molecule has 4 rings (SSSR count). The van der Waals surface area contributed by atoms with Crippen molar-refractivity contribution in [3.05, 3.63) is 70.9 Å². The van der Waals surface area contributed by atoms with Gasteiger partial charge in [-0.2, -0.15) is 5.26 Å². The minimum Gasteiger partial charge on any atom is -0.497 e. The number of ether oxygens (including phenoxy) is 5. The fourth-order valence-corrected chi connectivity index (χ4v) is 5.12. The molecule has 4 atom stereocenters. The molecule has 1 aromatic heterocycles. The molecule has 0 aliphatic carbocycles. The molecule has 41 heavy (non-hydrogen) atoms. The van der Waals surface area contributed by atoms with E-state index in [-0.39, 0.29) is 16.8 Å². The first-order chi connectivity index (χ1) is 19.6. The second-order valence-electron chi connectivity index (χ2n) is 9.22. The lowest BCUT2D eigenvalue weighted by molar-refractivity contribution is -0.239. The lowest BCUT2D eigenvalue weighted by Crippen LogP contribution is -2.55. The third kappa shape index (κ3) is 6.45. The third-order valence-corrected chi connectivity index (χ3v) is 6.80. The molecule has 212 valence electrons. The maximum atomic E-state index is 12.3. The number of aromatic nitrogens is 1. The van der Waals surface area contributed by atoms with Crippen LogP contribution in [-0.4, -0.2) is 54.5 Å². The fraction of sp³-hybridized carbons (Fsp3) is 0.300. The number of esters is 3. The number of nitrogens with zero attached hydrogens (tertiary/aromatic N) is 2. The zero-order valence-corrected chi connectivity index (χ0v) is 23.7. The van der Waals surface area contributed by atoms with Crippen LogP contribution in [0.15, 0.2) is 60.7 Å². The van der Waals surface area contributed by atoms with Gasteiger partial charge in [0.1, 0.15) is 16.5 Å². The predicted octanol–water partition coefficient (Wildman–Crippen LogP) is 4.76. The van der Waals surface area contributed by atoms with Gasteiger partial charge in [-0.3, -0.25) is 14.4 Å². The van der Waals surface area contributed by atoms with E-state index in [1.165, 1.54) is 20.8 Å². The van der Waals surface area contributed by atoms with Crippen molar-refractivity contribution in [3.8, 4) is 34.2 Å². The topological polar surface area (TPSA) is 126 Å². The summed E-state index contributed by atoms with van der Waals surface area (Å²) in [5, 5.41) is 10.3. The summed E-state index contributed by atoms with van der Waals surface area (Å²) >= 11 is 5.89. The van der Waals surface area contributed by atoms with Crippen molar-refractivity contribution >= 4 is 30.1 Å². The van der Waals surface area contributed by atoms with Crippen LogP contribution in [0.5, 0.6) is 5.75 Å². The number of carbonyl (C=O) groups is 3. The number of hydrogen-bond acceptors (Lipinski definition) is 10. The molecule has 0 bridgehead atoms. The van der Waals surface area contributed by atoms with Crippen LogP contribution >= 0.6 is 12.2 Å². The molecule has 1 aliphatic rings.